The highest BCUT2D eigenvalue weighted by Crippen LogP contribution is 2.32. The molecule has 0 unspecified atom stereocenters. The number of aliphatic hydroxyl groups is 1. The zero-order valence-electron chi connectivity index (χ0n) is 8.01. The van der Waals surface area contributed by atoms with Crippen molar-refractivity contribution in [2.45, 2.75) is 51.0 Å². The maximum atomic E-state index is 8.93. The molecule has 0 radical (unpaired) electrons. The van der Waals surface area contributed by atoms with E-state index in [1.165, 1.54) is 32.1 Å². The SMILES string of the molecule is CCCCCCC[C@@]1(CO)CO1. The third kappa shape index (κ3) is 3.11. The lowest BCUT2D eigenvalue weighted by molar-refractivity contribution is 0.161. The normalized spacial score (nSPS) is 27.5. The Kier molecular flexibility index (Phi) is 4.02. The van der Waals surface area contributed by atoms with Crippen molar-refractivity contribution in [1.82, 2.24) is 0 Å². The Hall–Kier alpha value is -0.0800. The molecular formula is C10H20O2. The second kappa shape index (κ2) is 4.83. The van der Waals surface area contributed by atoms with Crippen LogP contribution in [0.25, 0.3) is 0 Å². The second-order valence-corrected chi connectivity index (χ2v) is 3.79. The maximum Gasteiger partial charge on any atom is 0.115 e. The molecule has 1 atom stereocenters. The summed E-state index contributed by atoms with van der Waals surface area (Å²) in [4.78, 5) is 0. The molecule has 2 heteroatoms. The first-order chi connectivity index (χ1) is 5.83. The number of epoxide rings is 1. The summed E-state index contributed by atoms with van der Waals surface area (Å²) >= 11 is 0. The molecule has 1 rings (SSSR count). The third-order valence-corrected chi connectivity index (χ3v) is 2.58. The molecule has 1 N–H and O–H groups in total. The van der Waals surface area contributed by atoms with Crippen LogP contribution in [0.1, 0.15) is 45.4 Å². The first-order valence-corrected chi connectivity index (χ1v) is 5.08. The van der Waals surface area contributed by atoms with Crippen molar-refractivity contribution in [3.8, 4) is 0 Å². The van der Waals surface area contributed by atoms with Crippen LogP contribution >= 0.6 is 0 Å². The monoisotopic (exact) mass is 172 g/mol. The minimum Gasteiger partial charge on any atom is -0.393 e. The van der Waals surface area contributed by atoms with E-state index in [2.05, 4.69) is 6.92 Å². The smallest absolute Gasteiger partial charge is 0.115 e. The minimum absolute atomic E-state index is 0.105. The number of unbranched alkanes of at least 4 members (excludes halogenated alkanes) is 4. The second-order valence-electron chi connectivity index (χ2n) is 3.79. The van der Waals surface area contributed by atoms with E-state index in [-0.39, 0.29) is 12.2 Å². The quantitative estimate of drug-likeness (QED) is 0.471. The fourth-order valence-electron chi connectivity index (χ4n) is 1.47. The lowest BCUT2D eigenvalue weighted by atomic mass is 10.0. The summed E-state index contributed by atoms with van der Waals surface area (Å²) in [5, 5.41) is 8.93. The van der Waals surface area contributed by atoms with E-state index < -0.39 is 0 Å². The highest BCUT2D eigenvalue weighted by molar-refractivity contribution is 4.90. The largest absolute Gasteiger partial charge is 0.393 e. The maximum absolute atomic E-state index is 8.93. The van der Waals surface area contributed by atoms with Gasteiger partial charge in [-0.15, -0.1) is 0 Å². The molecule has 1 saturated heterocycles. The van der Waals surface area contributed by atoms with E-state index in [1.807, 2.05) is 0 Å². The highest BCUT2D eigenvalue weighted by Gasteiger charge is 2.43. The molecule has 12 heavy (non-hydrogen) atoms. The summed E-state index contributed by atoms with van der Waals surface area (Å²) in [6.45, 7) is 3.21. The van der Waals surface area contributed by atoms with Crippen LogP contribution in [0.15, 0.2) is 0 Å². The molecule has 0 saturated carbocycles. The molecule has 0 aromatic heterocycles. The molecule has 1 aliphatic rings. The molecule has 0 spiro atoms. The molecule has 0 aromatic rings. The van der Waals surface area contributed by atoms with Gasteiger partial charge in [0.2, 0.25) is 0 Å². The molecule has 0 aliphatic carbocycles. The Labute approximate surface area is 74.9 Å². The van der Waals surface area contributed by atoms with Crippen molar-refractivity contribution in [3.63, 3.8) is 0 Å². The summed E-state index contributed by atoms with van der Waals surface area (Å²) in [6.07, 6.45) is 7.51. The van der Waals surface area contributed by atoms with Crippen LogP contribution in [0, 0.1) is 0 Å². The van der Waals surface area contributed by atoms with Crippen LogP contribution in [0.5, 0.6) is 0 Å². The van der Waals surface area contributed by atoms with Gasteiger partial charge in [-0.25, -0.2) is 0 Å². The summed E-state index contributed by atoms with van der Waals surface area (Å²) in [7, 11) is 0. The molecule has 0 aromatic carbocycles. The van der Waals surface area contributed by atoms with Crippen LogP contribution in [0.2, 0.25) is 0 Å². The molecule has 72 valence electrons. The molecule has 1 fully saturated rings. The first kappa shape index (κ1) is 10.0. The minimum atomic E-state index is -0.105. The van der Waals surface area contributed by atoms with Gasteiger partial charge in [0, 0.05) is 0 Å². The molecular weight excluding hydrogens is 152 g/mol. The van der Waals surface area contributed by atoms with Crippen molar-refractivity contribution in [1.29, 1.82) is 0 Å². The van der Waals surface area contributed by atoms with Crippen LogP contribution < -0.4 is 0 Å². The molecule has 0 amide bonds. The number of aliphatic hydroxyl groups excluding tert-OH is 1. The van der Waals surface area contributed by atoms with E-state index >= 15 is 0 Å². The summed E-state index contributed by atoms with van der Waals surface area (Å²) in [6, 6.07) is 0. The van der Waals surface area contributed by atoms with Crippen molar-refractivity contribution in [2.24, 2.45) is 0 Å². The van der Waals surface area contributed by atoms with E-state index in [1.54, 1.807) is 0 Å². The Morgan fingerprint density at radius 3 is 2.42 bits per heavy atom. The van der Waals surface area contributed by atoms with Gasteiger partial charge < -0.3 is 9.84 Å². The fraction of sp³-hybridized carbons (Fsp3) is 1.00. The van der Waals surface area contributed by atoms with E-state index in [4.69, 9.17) is 9.84 Å². The van der Waals surface area contributed by atoms with Gasteiger partial charge in [-0.3, -0.25) is 0 Å². The fourth-order valence-corrected chi connectivity index (χ4v) is 1.47. The zero-order chi connectivity index (χ0) is 8.86. The van der Waals surface area contributed by atoms with Crippen LogP contribution in [0.3, 0.4) is 0 Å². The van der Waals surface area contributed by atoms with Crippen molar-refractivity contribution in [3.05, 3.63) is 0 Å². The van der Waals surface area contributed by atoms with Gasteiger partial charge in [0.1, 0.15) is 5.60 Å². The van der Waals surface area contributed by atoms with Gasteiger partial charge >= 0.3 is 0 Å². The number of hydrogen-bond acceptors (Lipinski definition) is 2. The Balaban J connectivity index is 1.89. The molecule has 1 heterocycles. The van der Waals surface area contributed by atoms with Crippen LogP contribution in [0.4, 0.5) is 0 Å². The molecule has 2 nitrogen and oxygen atoms in total. The molecule has 1 aliphatic heterocycles. The summed E-state index contributed by atoms with van der Waals surface area (Å²) in [5.74, 6) is 0. The van der Waals surface area contributed by atoms with Gasteiger partial charge in [-0.1, -0.05) is 39.0 Å². The summed E-state index contributed by atoms with van der Waals surface area (Å²) < 4.78 is 5.20. The average molecular weight is 172 g/mol. The lowest BCUT2D eigenvalue weighted by Crippen LogP contribution is -2.15. The van der Waals surface area contributed by atoms with E-state index in [0.29, 0.717) is 0 Å². The third-order valence-electron chi connectivity index (χ3n) is 2.58. The van der Waals surface area contributed by atoms with Gasteiger partial charge in [-0.2, -0.15) is 0 Å². The topological polar surface area (TPSA) is 32.8 Å². The van der Waals surface area contributed by atoms with E-state index in [0.717, 1.165) is 13.0 Å². The van der Waals surface area contributed by atoms with Crippen molar-refractivity contribution >= 4 is 0 Å². The predicted octanol–water partition coefficient (Wildman–Crippen LogP) is 2.11. The summed E-state index contributed by atoms with van der Waals surface area (Å²) in [5.41, 5.74) is -0.105. The lowest BCUT2D eigenvalue weighted by Gasteiger charge is -2.06. The number of hydrogen-bond donors (Lipinski definition) is 1. The average Bonchev–Trinajstić information content (AvgIpc) is 2.85. The Morgan fingerprint density at radius 2 is 1.92 bits per heavy atom. The van der Waals surface area contributed by atoms with Crippen molar-refractivity contribution in [2.75, 3.05) is 13.2 Å². The van der Waals surface area contributed by atoms with Gasteiger partial charge in [0.05, 0.1) is 13.2 Å². The zero-order valence-corrected chi connectivity index (χ0v) is 8.01. The van der Waals surface area contributed by atoms with E-state index in [9.17, 15) is 0 Å². The highest BCUT2D eigenvalue weighted by atomic mass is 16.6. The number of rotatable bonds is 7. The Bertz CT molecular complexity index is 119. The predicted molar refractivity (Wildman–Crippen MR) is 49.1 cm³/mol. The number of ether oxygens (including phenoxy) is 1. The van der Waals surface area contributed by atoms with Gasteiger partial charge in [0.25, 0.3) is 0 Å². The first-order valence-electron chi connectivity index (χ1n) is 5.08. The Morgan fingerprint density at radius 1 is 1.25 bits per heavy atom. The molecule has 0 bridgehead atoms. The van der Waals surface area contributed by atoms with Gasteiger partial charge in [-0.05, 0) is 6.42 Å². The van der Waals surface area contributed by atoms with Crippen LogP contribution in [-0.2, 0) is 4.74 Å². The standard InChI is InChI=1S/C10H20O2/c1-2-3-4-5-6-7-10(8-11)9-12-10/h11H,2-9H2,1H3/t10-/m1/s1. The van der Waals surface area contributed by atoms with Crippen molar-refractivity contribution < 1.29 is 9.84 Å². The van der Waals surface area contributed by atoms with Gasteiger partial charge in [0.15, 0.2) is 0 Å². The van der Waals surface area contributed by atoms with Crippen LogP contribution in [-0.4, -0.2) is 23.9 Å².